The first-order valence-corrected chi connectivity index (χ1v) is 5.83. The third-order valence-electron chi connectivity index (χ3n) is 2.11. The molecule has 2 atom stereocenters. The fourth-order valence-electron chi connectivity index (χ4n) is 1.44. The number of piperidine rings is 1. The van der Waals surface area contributed by atoms with Crippen molar-refractivity contribution in [2.45, 2.75) is 58.9 Å². The zero-order valence-electron chi connectivity index (χ0n) is 9.68. The van der Waals surface area contributed by atoms with Gasteiger partial charge >= 0.3 is 0 Å². The van der Waals surface area contributed by atoms with Gasteiger partial charge in [-0.05, 0) is 19.4 Å². The molecule has 1 N–H and O–H groups in total. The van der Waals surface area contributed by atoms with Crippen LogP contribution in [-0.2, 0) is 4.74 Å². The second kappa shape index (κ2) is 9.41. The molecular formula is C11H24FNO. The van der Waals surface area contributed by atoms with Crippen molar-refractivity contribution in [2.24, 2.45) is 0 Å². The van der Waals surface area contributed by atoms with E-state index in [-0.39, 0.29) is 6.10 Å². The third kappa shape index (κ3) is 6.33. The molecule has 0 amide bonds. The molecule has 86 valence electrons. The molecule has 14 heavy (non-hydrogen) atoms. The van der Waals surface area contributed by atoms with E-state index in [0.29, 0.717) is 6.42 Å². The topological polar surface area (TPSA) is 21.3 Å². The number of halogens is 1. The average molecular weight is 205 g/mol. The van der Waals surface area contributed by atoms with Gasteiger partial charge in [-0.3, -0.25) is 0 Å². The van der Waals surface area contributed by atoms with Crippen LogP contribution < -0.4 is 5.32 Å². The Kier molecular flexibility index (Phi) is 9.31. The van der Waals surface area contributed by atoms with Crippen LogP contribution in [0.15, 0.2) is 0 Å². The van der Waals surface area contributed by atoms with Gasteiger partial charge in [-0.1, -0.05) is 27.2 Å². The van der Waals surface area contributed by atoms with Gasteiger partial charge in [0, 0.05) is 13.0 Å². The highest BCUT2D eigenvalue weighted by Gasteiger charge is 2.17. The molecule has 0 aromatic carbocycles. The Balaban J connectivity index is 0.000000791. The molecule has 0 saturated carbocycles. The molecule has 0 radical (unpaired) electrons. The molecule has 1 aliphatic rings. The zero-order valence-corrected chi connectivity index (χ0v) is 9.68. The second-order valence-electron chi connectivity index (χ2n) is 3.30. The van der Waals surface area contributed by atoms with E-state index in [1.165, 1.54) is 0 Å². The van der Waals surface area contributed by atoms with Crippen molar-refractivity contribution < 1.29 is 9.13 Å². The molecule has 0 aromatic heterocycles. The molecule has 0 spiro atoms. The van der Waals surface area contributed by atoms with Crippen LogP contribution in [0.5, 0.6) is 0 Å². The normalized spacial score (nSPS) is 23.6. The molecule has 2 unspecified atom stereocenters. The van der Waals surface area contributed by atoms with Gasteiger partial charge in [0.1, 0.15) is 0 Å². The Hall–Kier alpha value is -0.150. The molecule has 0 aromatic rings. The predicted molar refractivity (Wildman–Crippen MR) is 58.1 cm³/mol. The fourth-order valence-corrected chi connectivity index (χ4v) is 1.44. The van der Waals surface area contributed by atoms with E-state index >= 15 is 0 Å². The minimum Gasteiger partial charge on any atom is -0.343 e. The highest BCUT2D eigenvalue weighted by molar-refractivity contribution is 4.69. The van der Waals surface area contributed by atoms with Crippen molar-refractivity contribution in [3.05, 3.63) is 0 Å². The lowest BCUT2D eigenvalue weighted by atomic mass is 10.1. The Labute approximate surface area is 87.2 Å². The number of hydrogen-bond donors (Lipinski definition) is 1. The molecule has 2 nitrogen and oxygen atoms in total. The Morgan fingerprint density at radius 2 is 2.21 bits per heavy atom. The first-order valence-electron chi connectivity index (χ1n) is 5.83. The van der Waals surface area contributed by atoms with E-state index in [9.17, 15) is 4.39 Å². The van der Waals surface area contributed by atoms with Gasteiger partial charge in [0.25, 0.3) is 0 Å². The number of rotatable bonds is 4. The molecule has 3 heteroatoms. The Morgan fingerprint density at radius 1 is 1.50 bits per heavy atom. The maximum atomic E-state index is 12.9. The van der Waals surface area contributed by atoms with Crippen molar-refractivity contribution in [2.75, 3.05) is 13.1 Å². The van der Waals surface area contributed by atoms with Gasteiger partial charge in [0.05, 0.1) is 6.10 Å². The summed E-state index contributed by atoms with van der Waals surface area (Å²) in [5.74, 6) is 0. The summed E-state index contributed by atoms with van der Waals surface area (Å²) in [7, 11) is 0. The Morgan fingerprint density at radius 3 is 2.71 bits per heavy atom. The standard InChI is InChI=1S/C9H18FNO.C2H6/c1-2-4-9(10)12-8-5-3-6-11-7-8;1-2/h8-9,11H,2-7H2,1H3;1-2H3. The van der Waals surface area contributed by atoms with Crippen molar-refractivity contribution in [3.8, 4) is 0 Å². The van der Waals surface area contributed by atoms with Crippen molar-refractivity contribution in [1.82, 2.24) is 5.32 Å². The fraction of sp³-hybridized carbons (Fsp3) is 1.00. The highest BCUT2D eigenvalue weighted by atomic mass is 19.1. The minimum atomic E-state index is -1.06. The van der Waals surface area contributed by atoms with Crippen LogP contribution in [0.3, 0.4) is 0 Å². The number of alkyl halides is 1. The summed E-state index contributed by atoms with van der Waals surface area (Å²) in [6.45, 7) is 7.82. The lowest BCUT2D eigenvalue weighted by Gasteiger charge is -2.24. The quantitative estimate of drug-likeness (QED) is 0.762. The number of nitrogens with one attached hydrogen (secondary N) is 1. The van der Waals surface area contributed by atoms with E-state index in [1.807, 2.05) is 20.8 Å². The maximum absolute atomic E-state index is 12.9. The molecule has 0 aliphatic carbocycles. The SMILES string of the molecule is CC.CCCC(F)OC1CCCNC1. The van der Waals surface area contributed by atoms with Crippen LogP contribution in [-0.4, -0.2) is 25.6 Å². The van der Waals surface area contributed by atoms with Gasteiger partial charge in [0.2, 0.25) is 0 Å². The number of ether oxygens (including phenoxy) is 1. The average Bonchev–Trinajstić information content (AvgIpc) is 2.22. The van der Waals surface area contributed by atoms with E-state index in [0.717, 1.165) is 32.4 Å². The summed E-state index contributed by atoms with van der Waals surface area (Å²) in [4.78, 5) is 0. The summed E-state index contributed by atoms with van der Waals surface area (Å²) >= 11 is 0. The largest absolute Gasteiger partial charge is 0.343 e. The molecular weight excluding hydrogens is 181 g/mol. The molecule has 1 aliphatic heterocycles. The van der Waals surface area contributed by atoms with Gasteiger partial charge in [0.15, 0.2) is 6.36 Å². The lowest BCUT2D eigenvalue weighted by Crippen LogP contribution is -2.36. The second-order valence-corrected chi connectivity index (χ2v) is 3.30. The number of hydrogen-bond acceptors (Lipinski definition) is 2. The predicted octanol–water partition coefficient (Wildman–Crippen LogP) is 2.88. The maximum Gasteiger partial charge on any atom is 0.199 e. The third-order valence-corrected chi connectivity index (χ3v) is 2.11. The van der Waals surface area contributed by atoms with Crippen molar-refractivity contribution >= 4 is 0 Å². The van der Waals surface area contributed by atoms with Crippen LogP contribution in [0.25, 0.3) is 0 Å². The molecule has 1 rings (SSSR count). The summed E-state index contributed by atoms with van der Waals surface area (Å²) in [6.07, 6.45) is 2.51. The first-order chi connectivity index (χ1) is 6.83. The zero-order chi connectivity index (χ0) is 10.8. The van der Waals surface area contributed by atoms with Gasteiger partial charge < -0.3 is 10.1 Å². The summed E-state index contributed by atoms with van der Waals surface area (Å²) in [6, 6.07) is 0. The summed E-state index contributed by atoms with van der Waals surface area (Å²) in [5, 5.41) is 3.19. The molecule has 1 heterocycles. The van der Waals surface area contributed by atoms with E-state index < -0.39 is 6.36 Å². The van der Waals surface area contributed by atoms with Gasteiger partial charge in [-0.15, -0.1) is 0 Å². The smallest absolute Gasteiger partial charge is 0.199 e. The molecule has 1 fully saturated rings. The van der Waals surface area contributed by atoms with Crippen LogP contribution in [0.4, 0.5) is 4.39 Å². The monoisotopic (exact) mass is 205 g/mol. The minimum absolute atomic E-state index is 0.0975. The Bertz CT molecular complexity index is 116. The van der Waals surface area contributed by atoms with Crippen LogP contribution in [0.1, 0.15) is 46.5 Å². The molecule has 1 saturated heterocycles. The van der Waals surface area contributed by atoms with Gasteiger partial charge in [-0.2, -0.15) is 0 Å². The van der Waals surface area contributed by atoms with Gasteiger partial charge in [-0.25, -0.2) is 4.39 Å². The first kappa shape index (κ1) is 13.8. The summed E-state index contributed by atoms with van der Waals surface area (Å²) < 4.78 is 18.1. The summed E-state index contributed by atoms with van der Waals surface area (Å²) in [5.41, 5.74) is 0. The van der Waals surface area contributed by atoms with E-state index in [2.05, 4.69) is 5.32 Å². The van der Waals surface area contributed by atoms with Crippen LogP contribution in [0, 0.1) is 0 Å². The van der Waals surface area contributed by atoms with Crippen molar-refractivity contribution in [1.29, 1.82) is 0 Å². The van der Waals surface area contributed by atoms with E-state index in [1.54, 1.807) is 0 Å². The lowest BCUT2D eigenvalue weighted by molar-refractivity contribution is -0.0951. The highest BCUT2D eigenvalue weighted by Crippen LogP contribution is 2.12. The van der Waals surface area contributed by atoms with Crippen molar-refractivity contribution in [3.63, 3.8) is 0 Å². The molecule has 0 bridgehead atoms. The van der Waals surface area contributed by atoms with Crippen LogP contribution >= 0.6 is 0 Å². The van der Waals surface area contributed by atoms with Crippen LogP contribution in [0.2, 0.25) is 0 Å². The van der Waals surface area contributed by atoms with E-state index in [4.69, 9.17) is 4.74 Å².